The zero-order valence-electron chi connectivity index (χ0n) is 11.5. The van der Waals surface area contributed by atoms with E-state index in [2.05, 4.69) is 0 Å². The Morgan fingerprint density at radius 2 is 1.83 bits per heavy atom. The van der Waals surface area contributed by atoms with Gasteiger partial charge >= 0.3 is 6.18 Å². The van der Waals surface area contributed by atoms with Gasteiger partial charge in [-0.25, -0.2) is 8.78 Å². The molecule has 2 rings (SSSR count). The van der Waals surface area contributed by atoms with Crippen molar-refractivity contribution in [3.8, 4) is 0 Å². The maximum atomic E-state index is 13.9. The standard InChI is InChI=1S/C13H8ClF5N2O3/c14-6-3-5(13(17,18)19)9(15)10(16)11(6)20-7-4-8(23)21(1-2-22)12(7)24/h3-4,20,22H,1-2H2. The van der Waals surface area contributed by atoms with Crippen LogP contribution in [0.4, 0.5) is 27.6 Å². The number of β-amino-alcohol motifs (C(OH)–C–C–N with tert-alkyl or cyclic N) is 1. The number of carbonyl (C=O) groups is 2. The van der Waals surface area contributed by atoms with E-state index in [1.165, 1.54) is 0 Å². The zero-order valence-corrected chi connectivity index (χ0v) is 12.3. The summed E-state index contributed by atoms with van der Waals surface area (Å²) in [6, 6.07) is 0.162. The average Bonchev–Trinajstić information content (AvgIpc) is 2.74. The molecule has 1 heterocycles. The number of anilines is 1. The molecule has 5 nitrogen and oxygen atoms in total. The second-order valence-electron chi connectivity index (χ2n) is 4.61. The van der Waals surface area contributed by atoms with Gasteiger partial charge in [-0.15, -0.1) is 0 Å². The quantitative estimate of drug-likeness (QED) is 0.485. The van der Waals surface area contributed by atoms with Crippen LogP contribution >= 0.6 is 11.6 Å². The molecule has 130 valence electrons. The van der Waals surface area contributed by atoms with Gasteiger partial charge in [0.05, 0.1) is 29.4 Å². The lowest BCUT2D eigenvalue weighted by molar-refractivity contribution is -0.140. The number of aliphatic hydroxyl groups excluding tert-OH is 1. The third-order valence-electron chi connectivity index (χ3n) is 3.06. The molecule has 1 aliphatic heterocycles. The van der Waals surface area contributed by atoms with E-state index < -0.39 is 58.2 Å². The van der Waals surface area contributed by atoms with Crippen molar-refractivity contribution in [1.82, 2.24) is 4.90 Å². The van der Waals surface area contributed by atoms with Crippen LogP contribution in [0.2, 0.25) is 5.02 Å². The lowest BCUT2D eigenvalue weighted by atomic mass is 10.1. The van der Waals surface area contributed by atoms with Crippen LogP contribution in [-0.2, 0) is 15.8 Å². The molecule has 11 heteroatoms. The van der Waals surface area contributed by atoms with Gasteiger partial charge in [0.15, 0.2) is 11.6 Å². The molecule has 0 unspecified atom stereocenters. The number of imide groups is 1. The number of nitrogens with zero attached hydrogens (tertiary/aromatic N) is 1. The predicted molar refractivity (Wildman–Crippen MR) is 71.9 cm³/mol. The molecule has 2 amide bonds. The molecule has 0 spiro atoms. The molecular weight excluding hydrogens is 363 g/mol. The first-order valence-electron chi connectivity index (χ1n) is 6.28. The van der Waals surface area contributed by atoms with Crippen LogP contribution < -0.4 is 5.32 Å². The van der Waals surface area contributed by atoms with Crippen molar-refractivity contribution in [1.29, 1.82) is 0 Å². The molecule has 0 radical (unpaired) electrons. The Kier molecular flexibility index (Phi) is 4.81. The average molecular weight is 371 g/mol. The number of amides is 2. The number of hydrogen-bond donors (Lipinski definition) is 2. The molecule has 0 atom stereocenters. The van der Waals surface area contributed by atoms with Crippen molar-refractivity contribution in [2.45, 2.75) is 6.18 Å². The third-order valence-corrected chi connectivity index (χ3v) is 3.35. The summed E-state index contributed by atoms with van der Waals surface area (Å²) in [5, 5.41) is 9.93. The van der Waals surface area contributed by atoms with E-state index in [0.29, 0.717) is 4.90 Å². The smallest absolute Gasteiger partial charge is 0.395 e. The van der Waals surface area contributed by atoms with E-state index in [9.17, 15) is 31.5 Å². The number of alkyl halides is 3. The van der Waals surface area contributed by atoms with Gasteiger partial charge in [-0.2, -0.15) is 13.2 Å². The Hall–Kier alpha value is -2.20. The molecule has 0 saturated heterocycles. The molecule has 2 N–H and O–H groups in total. The molecule has 0 aromatic heterocycles. The minimum Gasteiger partial charge on any atom is -0.395 e. The van der Waals surface area contributed by atoms with Crippen LogP contribution in [0.1, 0.15) is 5.56 Å². The largest absolute Gasteiger partial charge is 0.419 e. The van der Waals surface area contributed by atoms with Crippen molar-refractivity contribution in [3.05, 3.63) is 40.1 Å². The highest BCUT2D eigenvalue weighted by Crippen LogP contribution is 2.38. The number of aliphatic hydroxyl groups is 1. The lowest BCUT2D eigenvalue weighted by Crippen LogP contribution is -2.34. The van der Waals surface area contributed by atoms with Crippen molar-refractivity contribution in [2.75, 3.05) is 18.5 Å². The second-order valence-corrected chi connectivity index (χ2v) is 5.02. The fourth-order valence-corrected chi connectivity index (χ4v) is 2.20. The van der Waals surface area contributed by atoms with Crippen molar-refractivity contribution in [2.24, 2.45) is 0 Å². The summed E-state index contributed by atoms with van der Waals surface area (Å²) in [5.41, 5.74) is -3.34. The van der Waals surface area contributed by atoms with Crippen LogP contribution in [0.3, 0.4) is 0 Å². The number of halogens is 6. The van der Waals surface area contributed by atoms with Gasteiger partial charge in [-0.05, 0) is 6.07 Å². The highest BCUT2D eigenvalue weighted by molar-refractivity contribution is 6.33. The Morgan fingerprint density at radius 1 is 1.21 bits per heavy atom. The number of rotatable bonds is 4. The van der Waals surface area contributed by atoms with Crippen LogP contribution in [0.25, 0.3) is 0 Å². The first-order valence-corrected chi connectivity index (χ1v) is 6.65. The Labute approximate surface area is 136 Å². The normalized spacial score (nSPS) is 15.1. The highest BCUT2D eigenvalue weighted by atomic mass is 35.5. The van der Waals surface area contributed by atoms with Crippen molar-refractivity contribution < 1.29 is 36.6 Å². The first-order chi connectivity index (χ1) is 11.1. The number of hydrogen-bond acceptors (Lipinski definition) is 4. The Balaban J connectivity index is 2.39. The minimum absolute atomic E-state index is 0.162. The van der Waals surface area contributed by atoms with Gasteiger partial charge in [-0.3, -0.25) is 14.5 Å². The molecule has 0 aliphatic carbocycles. The van der Waals surface area contributed by atoms with Crippen molar-refractivity contribution in [3.63, 3.8) is 0 Å². The SMILES string of the molecule is O=C1C=C(Nc2c(Cl)cc(C(F)(F)F)c(F)c2F)C(=O)N1CCO. The number of carbonyl (C=O) groups excluding carboxylic acids is 2. The summed E-state index contributed by atoms with van der Waals surface area (Å²) in [5.74, 6) is -5.94. The number of nitrogens with one attached hydrogen (secondary N) is 1. The monoisotopic (exact) mass is 370 g/mol. The Bertz CT molecular complexity index is 748. The molecule has 0 saturated carbocycles. The summed E-state index contributed by atoms with van der Waals surface area (Å²) in [4.78, 5) is 24.0. The van der Waals surface area contributed by atoms with Gasteiger partial charge in [0, 0.05) is 6.08 Å². The van der Waals surface area contributed by atoms with Gasteiger partial charge in [0.1, 0.15) is 5.70 Å². The van der Waals surface area contributed by atoms with Crippen molar-refractivity contribution >= 4 is 29.1 Å². The molecule has 0 fully saturated rings. The molecule has 1 aromatic carbocycles. The van der Waals surface area contributed by atoms with Crippen LogP contribution in [0.5, 0.6) is 0 Å². The maximum Gasteiger partial charge on any atom is 0.419 e. The lowest BCUT2D eigenvalue weighted by Gasteiger charge is -2.16. The maximum absolute atomic E-state index is 13.9. The summed E-state index contributed by atoms with van der Waals surface area (Å²) in [6.45, 7) is -0.862. The second kappa shape index (κ2) is 6.36. The highest BCUT2D eigenvalue weighted by Gasteiger charge is 2.38. The van der Waals surface area contributed by atoms with Crippen LogP contribution in [0.15, 0.2) is 17.8 Å². The molecule has 1 aliphatic rings. The van der Waals surface area contributed by atoms with E-state index in [0.717, 1.165) is 6.08 Å². The fourth-order valence-electron chi connectivity index (χ4n) is 1.96. The van der Waals surface area contributed by atoms with Crippen LogP contribution in [0, 0.1) is 11.6 Å². The predicted octanol–water partition coefficient (Wildman–Crippen LogP) is 2.29. The van der Waals surface area contributed by atoms with E-state index in [1.54, 1.807) is 0 Å². The van der Waals surface area contributed by atoms with Gasteiger partial charge < -0.3 is 10.4 Å². The minimum atomic E-state index is -5.16. The third kappa shape index (κ3) is 3.20. The molecular formula is C13H8ClF5N2O3. The topological polar surface area (TPSA) is 69.6 Å². The van der Waals surface area contributed by atoms with Crippen LogP contribution in [-0.4, -0.2) is 35.0 Å². The summed E-state index contributed by atoms with van der Waals surface area (Å²) >= 11 is 5.53. The van der Waals surface area contributed by atoms with Gasteiger partial charge in [-0.1, -0.05) is 11.6 Å². The van der Waals surface area contributed by atoms with E-state index >= 15 is 0 Å². The first kappa shape index (κ1) is 18.1. The fraction of sp³-hybridized carbons (Fsp3) is 0.231. The summed E-state index contributed by atoms with van der Waals surface area (Å²) < 4.78 is 65.2. The van der Waals surface area contributed by atoms with E-state index in [-0.39, 0.29) is 12.6 Å². The molecule has 0 bridgehead atoms. The molecule has 24 heavy (non-hydrogen) atoms. The van der Waals surface area contributed by atoms with Gasteiger partial charge in [0.2, 0.25) is 0 Å². The zero-order chi connectivity index (χ0) is 18.2. The van der Waals surface area contributed by atoms with E-state index in [1.807, 2.05) is 5.32 Å². The number of benzene rings is 1. The van der Waals surface area contributed by atoms with Gasteiger partial charge in [0.25, 0.3) is 11.8 Å². The molecule has 1 aromatic rings. The Morgan fingerprint density at radius 3 is 2.38 bits per heavy atom. The van der Waals surface area contributed by atoms with E-state index in [4.69, 9.17) is 16.7 Å². The summed E-state index contributed by atoms with van der Waals surface area (Å²) in [6.07, 6.45) is -4.44. The summed E-state index contributed by atoms with van der Waals surface area (Å²) in [7, 11) is 0.